The highest BCUT2D eigenvalue weighted by Crippen LogP contribution is 2.26. The Morgan fingerprint density at radius 1 is 1.08 bits per heavy atom. The Morgan fingerprint density at radius 3 is 2.69 bits per heavy atom. The van der Waals surface area contributed by atoms with E-state index in [1.165, 1.54) is 37.7 Å². The van der Waals surface area contributed by atoms with Crippen molar-refractivity contribution in [3.63, 3.8) is 0 Å². The highest BCUT2D eigenvalue weighted by molar-refractivity contribution is 5.87. The lowest BCUT2D eigenvalue weighted by Gasteiger charge is -2.23. The molecule has 1 aromatic carbocycles. The number of nitrogens with one attached hydrogen (secondary N) is 2. The Morgan fingerprint density at radius 2 is 1.88 bits per heavy atom. The van der Waals surface area contributed by atoms with Gasteiger partial charge in [0.05, 0.1) is 11.6 Å². The van der Waals surface area contributed by atoms with Crippen molar-refractivity contribution in [3.8, 4) is 0 Å². The van der Waals surface area contributed by atoms with Crippen LogP contribution in [0.4, 0.5) is 11.8 Å². The standard InChI is InChI=1S/C20H26N6/c1-26-19-17(14-22-26)18(23-16-10-6-3-7-11-16)24-20(25-19)21-13-12-15-8-4-2-5-9-15/h2,4-5,8-9,14,16H,3,6-7,10-13H2,1H3,(H2,21,23,24,25). The van der Waals surface area contributed by atoms with E-state index in [0.717, 1.165) is 29.8 Å². The van der Waals surface area contributed by atoms with Crippen molar-refractivity contribution in [2.75, 3.05) is 17.2 Å². The molecule has 4 rings (SSSR count). The molecule has 2 N–H and O–H groups in total. The Balaban J connectivity index is 1.51. The van der Waals surface area contributed by atoms with Gasteiger partial charge in [-0.25, -0.2) is 0 Å². The van der Waals surface area contributed by atoms with Crippen LogP contribution in [-0.4, -0.2) is 32.3 Å². The molecule has 0 bridgehead atoms. The zero-order valence-corrected chi connectivity index (χ0v) is 15.3. The largest absolute Gasteiger partial charge is 0.367 e. The number of nitrogens with zero attached hydrogens (tertiary/aromatic N) is 4. The quantitative estimate of drug-likeness (QED) is 0.708. The first-order valence-corrected chi connectivity index (χ1v) is 9.54. The maximum atomic E-state index is 4.75. The first kappa shape index (κ1) is 16.8. The lowest BCUT2D eigenvalue weighted by molar-refractivity contribution is 0.462. The third-order valence-corrected chi connectivity index (χ3v) is 5.08. The number of benzene rings is 1. The molecule has 6 nitrogen and oxygen atoms in total. The fraction of sp³-hybridized carbons (Fsp3) is 0.450. The molecule has 0 unspecified atom stereocenters. The van der Waals surface area contributed by atoms with Crippen molar-refractivity contribution in [1.82, 2.24) is 19.7 Å². The Hall–Kier alpha value is -2.63. The van der Waals surface area contributed by atoms with Gasteiger partial charge in [0.15, 0.2) is 5.65 Å². The van der Waals surface area contributed by atoms with Crippen LogP contribution in [0.5, 0.6) is 0 Å². The average Bonchev–Trinajstić information content (AvgIpc) is 3.05. The molecule has 1 saturated carbocycles. The van der Waals surface area contributed by atoms with Crippen LogP contribution in [0.1, 0.15) is 37.7 Å². The molecular weight excluding hydrogens is 324 g/mol. The van der Waals surface area contributed by atoms with E-state index < -0.39 is 0 Å². The highest BCUT2D eigenvalue weighted by atomic mass is 15.3. The summed E-state index contributed by atoms with van der Waals surface area (Å²) in [5, 5.41) is 12.4. The summed E-state index contributed by atoms with van der Waals surface area (Å²) in [7, 11) is 1.92. The molecule has 0 saturated heterocycles. The summed E-state index contributed by atoms with van der Waals surface area (Å²) in [6.45, 7) is 0.802. The molecular formula is C20H26N6. The van der Waals surface area contributed by atoms with Crippen molar-refractivity contribution in [2.24, 2.45) is 7.05 Å². The predicted molar refractivity (Wildman–Crippen MR) is 105 cm³/mol. The fourth-order valence-electron chi connectivity index (χ4n) is 3.61. The molecule has 0 amide bonds. The number of anilines is 2. The maximum absolute atomic E-state index is 4.75. The van der Waals surface area contributed by atoms with Gasteiger partial charge in [0.25, 0.3) is 0 Å². The summed E-state index contributed by atoms with van der Waals surface area (Å²) in [5.74, 6) is 1.56. The van der Waals surface area contributed by atoms with Crippen LogP contribution in [0, 0.1) is 0 Å². The van der Waals surface area contributed by atoms with Crippen molar-refractivity contribution >= 4 is 22.8 Å². The minimum absolute atomic E-state index is 0.499. The number of hydrogen-bond donors (Lipinski definition) is 2. The summed E-state index contributed by atoms with van der Waals surface area (Å²) in [5.41, 5.74) is 2.17. The number of fused-ring (bicyclic) bond motifs is 1. The minimum Gasteiger partial charge on any atom is -0.367 e. The molecule has 1 aliphatic carbocycles. The van der Waals surface area contributed by atoms with E-state index in [9.17, 15) is 0 Å². The molecule has 1 aliphatic rings. The van der Waals surface area contributed by atoms with Crippen molar-refractivity contribution in [1.29, 1.82) is 0 Å². The molecule has 3 aromatic rings. The van der Waals surface area contributed by atoms with Crippen LogP contribution in [0.15, 0.2) is 36.5 Å². The van der Waals surface area contributed by atoms with Gasteiger partial charge in [-0.05, 0) is 24.8 Å². The first-order valence-electron chi connectivity index (χ1n) is 9.54. The normalized spacial score (nSPS) is 15.3. The van der Waals surface area contributed by atoms with E-state index in [1.807, 2.05) is 24.0 Å². The molecule has 1 fully saturated rings. The van der Waals surface area contributed by atoms with Crippen LogP contribution < -0.4 is 10.6 Å². The van der Waals surface area contributed by atoms with Gasteiger partial charge < -0.3 is 10.6 Å². The van der Waals surface area contributed by atoms with Crippen LogP contribution in [0.3, 0.4) is 0 Å². The monoisotopic (exact) mass is 350 g/mol. The van der Waals surface area contributed by atoms with Gasteiger partial charge in [0, 0.05) is 19.6 Å². The van der Waals surface area contributed by atoms with Crippen molar-refractivity contribution < 1.29 is 0 Å². The van der Waals surface area contributed by atoms with Gasteiger partial charge in [-0.1, -0.05) is 49.6 Å². The molecule has 2 aromatic heterocycles. The van der Waals surface area contributed by atoms with Crippen molar-refractivity contribution in [3.05, 3.63) is 42.1 Å². The van der Waals surface area contributed by atoms with Gasteiger partial charge in [0.1, 0.15) is 5.82 Å². The third kappa shape index (κ3) is 3.79. The summed E-state index contributed by atoms with van der Waals surface area (Å²) >= 11 is 0. The third-order valence-electron chi connectivity index (χ3n) is 5.08. The summed E-state index contributed by atoms with van der Waals surface area (Å²) in [6.07, 6.45) is 9.15. The summed E-state index contributed by atoms with van der Waals surface area (Å²) in [4.78, 5) is 9.41. The minimum atomic E-state index is 0.499. The summed E-state index contributed by atoms with van der Waals surface area (Å²) < 4.78 is 1.81. The molecule has 0 spiro atoms. The lowest BCUT2D eigenvalue weighted by atomic mass is 9.95. The van der Waals surface area contributed by atoms with E-state index in [4.69, 9.17) is 4.98 Å². The van der Waals surface area contributed by atoms with E-state index >= 15 is 0 Å². The van der Waals surface area contributed by atoms with Gasteiger partial charge in [-0.2, -0.15) is 15.1 Å². The van der Waals surface area contributed by atoms with Gasteiger partial charge >= 0.3 is 0 Å². The molecule has 6 heteroatoms. The van der Waals surface area contributed by atoms with E-state index in [1.54, 1.807) is 0 Å². The van der Waals surface area contributed by atoms with Gasteiger partial charge in [-0.15, -0.1) is 0 Å². The smallest absolute Gasteiger partial charge is 0.226 e. The lowest BCUT2D eigenvalue weighted by Crippen LogP contribution is -2.23. The first-order chi connectivity index (χ1) is 12.8. The Bertz CT molecular complexity index is 851. The second kappa shape index (κ2) is 7.72. The van der Waals surface area contributed by atoms with Gasteiger partial charge in [-0.3, -0.25) is 4.68 Å². The number of aromatic nitrogens is 4. The topological polar surface area (TPSA) is 67.7 Å². The molecule has 2 heterocycles. The highest BCUT2D eigenvalue weighted by Gasteiger charge is 2.17. The molecule has 0 aliphatic heterocycles. The number of hydrogen-bond acceptors (Lipinski definition) is 5. The zero-order valence-electron chi connectivity index (χ0n) is 15.3. The Labute approximate surface area is 154 Å². The molecule has 0 atom stereocenters. The van der Waals surface area contributed by atoms with E-state index in [2.05, 4.69) is 45.0 Å². The second-order valence-electron chi connectivity index (χ2n) is 7.04. The molecule has 0 radical (unpaired) electrons. The SMILES string of the molecule is Cn1ncc2c(NC3CCCCC3)nc(NCCc3ccccc3)nc21. The Kier molecular flexibility index (Phi) is 5.00. The van der Waals surface area contributed by atoms with Crippen LogP contribution in [-0.2, 0) is 13.5 Å². The van der Waals surface area contributed by atoms with Gasteiger partial charge in [0.2, 0.25) is 5.95 Å². The van der Waals surface area contributed by atoms with E-state index in [0.29, 0.717) is 12.0 Å². The maximum Gasteiger partial charge on any atom is 0.226 e. The second-order valence-corrected chi connectivity index (χ2v) is 7.04. The summed E-state index contributed by atoms with van der Waals surface area (Å²) in [6, 6.07) is 11.0. The van der Waals surface area contributed by atoms with Crippen LogP contribution in [0.2, 0.25) is 0 Å². The van der Waals surface area contributed by atoms with E-state index in [-0.39, 0.29) is 0 Å². The predicted octanol–water partition coefficient (Wildman–Crippen LogP) is 3.76. The fourth-order valence-corrected chi connectivity index (χ4v) is 3.61. The molecule has 136 valence electrons. The molecule has 26 heavy (non-hydrogen) atoms. The van der Waals surface area contributed by atoms with Crippen LogP contribution >= 0.6 is 0 Å². The average molecular weight is 350 g/mol. The van der Waals surface area contributed by atoms with Crippen molar-refractivity contribution in [2.45, 2.75) is 44.6 Å². The zero-order chi connectivity index (χ0) is 17.8. The number of rotatable bonds is 6. The van der Waals surface area contributed by atoms with Crippen LogP contribution in [0.25, 0.3) is 11.0 Å². The number of aryl methyl sites for hydroxylation is 1.